The number of carbonyl (C=O) groups excluding carboxylic acids is 1. The number of carbonyl (C=O) groups is 1. The third-order valence-electron chi connectivity index (χ3n) is 5.10. The molecule has 2 heterocycles. The highest BCUT2D eigenvalue weighted by atomic mass is 16.5. The van der Waals surface area contributed by atoms with Crippen molar-refractivity contribution in [3.63, 3.8) is 0 Å². The SMILES string of the molecule is COc1ccc(-c2n[nH]c(C3CCCCN3C(=O)COc3ccccc3)n2)cc1. The van der Waals surface area contributed by atoms with Crippen LogP contribution in [0.3, 0.4) is 0 Å². The molecule has 1 amide bonds. The Morgan fingerprint density at radius 3 is 2.66 bits per heavy atom. The highest BCUT2D eigenvalue weighted by Gasteiger charge is 2.30. The van der Waals surface area contributed by atoms with Gasteiger partial charge in [0.25, 0.3) is 5.91 Å². The zero-order valence-electron chi connectivity index (χ0n) is 16.4. The predicted octanol–water partition coefficient (Wildman–Crippen LogP) is 3.61. The number of ether oxygens (including phenoxy) is 2. The first-order valence-corrected chi connectivity index (χ1v) is 9.78. The minimum absolute atomic E-state index is 0.0139. The fourth-order valence-corrected chi connectivity index (χ4v) is 3.55. The van der Waals surface area contributed by atoms with E-state index in [9.17, 15) is 4.79 Å². The standard InChI is InChI=1S/C22H24N4O3/c1-28-17-12-10-16(11-13-17)21-23-22(25-24-21)19-9-5-6-14-26(19)20(27)15-29-18-7-3-2-4-8-18/h2-4,7-8,10-13,19H,5-6,9,14-15H2,1H3,(H,23,24,25). The van der Waals surface area contributed by atoms with Crippen LogP contribution in [0.4, 0.5) is 0 Å². The first kappa shape index (κ1) is 19.0. The second kappa shape index (κ2) is 8.77. The van der Waals surface area contributed by atoms with Crippen molar-refractivity contribution in [3.8, 4) is 22.9 Å². The van der Waals surface area contributed by atoms with Crippen molar-refractivity contribution in [2.45, 2.75) is 25.3 Å². The Labute approximate surface area is 169 Å². The molecule has 1 saturated heterocycles. The smallest absolute Gasteiger partial charge is 0.261 e. The number of para-hydroxylation sites is 1. The van der Waals surface area contributed by atoms with Gasteiger partial charge in [0.2, 0.25) is 0 Å². The Balaban J connectivity index is 1.47. The molecule has 150 valence electrons. The summed E-state index contributed by atoms with van der Waals surface area (Å²) in [5.41, 5.74) is 0.898. The lowest BCUT2D eigenvalue weighted by Crippen LogP contribution is -2.41. The summed E-state index contributed by atoms with van der Waals surface area (Å²) in [6, 6.07) is 16.9. The molecular weight excluding hydrogens is 368 g/mol. The van der Waals surface area contributed by atoms with E-state index in [4.69, 9.17) is 9.47 Å². The lowest BCUT2D eigenvalue weighted by Gasteiger charge is -2.34. The highest BCUT2D eigenvalue weighted by molar-refractivity contribution is 5.78. The van der Waals surface area contributed by atoms with Crippen LogP contribution in [-0.4, -0.2) is 46.2 Å². The molecule has 1 aromatic heterocycles. The fraction of sp³-hybridized carbons (Fsp3) is 0.318. The minimum atomic E-state index is -0.116. The Kier molecular flexibility index (Phi) is 5.74. The highest BCUT2D eigenvalue weighted by Crippen LogP contribution is 2.30. The Bertz CT molecular complexity index is 940. The van der Waals surface area contributed by atoms with Crippen molar-refractivity contribution in [3.05, 3.63) is 60.4 Å². The summed E-state index contributed by atoms with van der Waals surface area (Å²) in [7, 11) is 1.64. The number of methoxy groups -OCH3 is 1. The lowest BCUT2D eigenvalue weighted by atomic mass is 10.0. The van der Waals surface area contributed by atoms with Crippen LogP contribution < -0.4 is 9.47 Å². The summed E-state index contributed by atoms with van der Waals surface area (Å²) in [6.07, 6.45) is 2.88. The maximum Gasteiger partial charge on any atom is 0.261 e. The first-order chi connectivity index (χ1) is 14.2. The number of likely N-dealkylation sites (tertiary alicyclic amines) is 1. The van der Waals surface area contributed by atoms with Crippen LogP contribution in [0.25, 0.3) is 11.4 Å². The Morgan fingerprint density at radius 1 is 1.10 bits per heavy atom. The van der Waals surface area contributed by atoms with Gasteiger partial charge >= 0.3 is 0 Å². The van der Waals surface area contributed by atoms with Crippen molar-refractivity contribution in [2.24, 2.45) is 0 Å². The summed E-state index contributed by atoms with van der Waals surface area (Å²) in [6.45, 7) is 0.709. The van der Waals surface area contributed by atoms with Gasteiger partial charge in [0, 0.05) is 12.1 Å². The van der Waals surface area contributed by atoms with Gasteiger partial charge in [-0.1, -0.05) is 18.2 Å². The molecule has 29 heavy (non-hydrogen) atoms. The maximum atomic E-state index is 12.8. The largest absolute Gasteiger partial charge is 0.497 e. The number of aromatic amines is 1. The first-order valence-electron chi connectivity index (χ1n) is 9.78. The molecule has 4 rings (SSSR count). The average Bonchev–Trinajstić information content (AvgIpc) is 3.28. The molecule has 1 fully saturated rings. The van der Waals surface area contributed by atoms with Crippen LogP contribution in [0.15, 0.2) is 54.6 Å². The van der Waals surface area contributed by atoms with Gasteiger partial charge < -0.3 is 14.4 Å². The van der Waals surface area contributed by atoms with E-state index in [1.165, 1.54) is 0 Å². The van der Waals surface area contributed by atoms with Crippen LogP contribution in [0, 0.1) is 0 Å². The summed E-state index contributed by atoms with van der Waals surface area (Å²) < 4.78 is 10.8. The van der Waals surface area contributed by atoms with E-state index < -0.39 is 0 Å². The van der Waals surface area contributed by atoms with Crippen LogP contribution in [-0.2, 0) is 4.79 Å². The third-order valence-corrected chi connectivity index (χ3v) is 5.10. The number of rotatable bonds is 6. The van der Waals surface area contributed by atoms with E-state index in [1.54, 1.807) is 7.11 Å². The molecule has 0 saturated carbocycles. The maximum absolute atomic E-state index is 12.8. The van der Waals surface area contributed by atoms with Crippen molar-refractivity contribution < 1.29 is 14.3 Å². The number of H-pyrrole nitrogens is 1. The van der Waals surface area contributed by atoms with Gasteiger partial charge in [0.1, 0.15) is 17.3 Å². The lowest BCUT2D eigenvalue weighted by molar-refractivity contribution is -0.137. The van der Waals surface area contributed by atoms with Gasteiger partial charge in [-0.3, -0.25) is 9.89 Å². The minimum Gasteiger partial charge on any atom is -0.497 e. The van der Waals surface area contributed by atoms with Gasteiger partial charge in [-0.05, 0) is 55.7 Å². The normalized spacial score (nSPS) is 16.4. The molecule has 0 radical (unpaired) electrons. The molecule has 1 aliphatic rings. The monoisotopic (exact) mass is 392 g/mol. The van der Waals surface area contributed by atoms with Crippen molar-refractivity contribution in [1.29, 1.82) is 0 Å². The van der Waals surface area contributed by atoms with Crippen LogP contribution >= 0.6 is 0 Å². The van der Waals surface area contributed by atoms with Crippen molar-refractivity contribution >= 4 is 5.91 Å². The van der Waals surface area contributed by atoms with E-state index in [1.807, 2.05) is 59.5 Å². The van der Waals surface area contributed by atoms with Gasteiger partial charge in [-0.2, -0.15) is 5.10 Å². The van der Waals surface area contributed by atoms with E-state index in [-0.39, 0.29) is 18.6 Å². The second-order valence-corrected chi connectivity index (χ2v) is 6.97. The van der Waals surface area contributed by atoms with E-state index >= 15 is 0 Å². The molecule has 0 bridgehead atoms. The van der Waals surface area contributed by atoms with Crippen LogP contribution in [0.1, 0.15) is 31.1 Å². The number of piperidine rings is 1. The van der Waals surface area contributed by atoms with Gasteiger partial charge in [-0.25, -0.2) is 4.98 Å². The third kappa shape index (κ3) is 4.39. The molecule has 1 unspecified atom stereocenters. The van der Waals surface area contributed by atoms with Gasteiger partial charge in [0.15, 0.2) is 12.4 Å². The molecule has 1 atom stereocenters. The van der Waals surface area contributed by atoms with Crippen molar-refractivity contribution in [1.82, 2.24) is 20.1 Å². The number of amides is 1. The van der Waals surface area contributed by atoms with Gasteiger partial charge in [0.05, 0.1) is 13.2 Å². The molecule has 0 aliphatic carbocycles. The van der Waals surface area contributed by atoms with E-state index in [0.717, 1.165) is 30.6 Å². The molecular formula is C22H24N4O3. The Morgan fingerprint density at radius 2 is 1.90 bits per heavy atom. The van der Waals surface area contributed by atoms with E-state index in [2.05, 4.69) is 15.2 Å². The number of aromatic nitrogens is 3. The average molecular weight is 392 g/mol. The second-order valence-electron chi connectivity index (χ2n) is 6.97. The molecule has 1 N–H and O–H groups in total. The molecule has 3 aromatic rings. The summed E-state index contributed by atoms with van der Waals surface area (Å²) in [5.74, 6) is 2.76. The number of nitrogens with zero attached hydrogens (tertiary/aromatic N) is 3. The Hall–Kier alpha value is -3.35. The number of hydrogen-bond acceptors (Lipinski definition) is 5. The summed E-state index contributed by atoms with van der Waals surface area (Å²) in [5, 5.41) is 7.39. The summed E-state index contributed by atoms with van der Waals surface area (Å²) in [4.78, 5) is 19.3. The zero-order valence-corrected chi connectivity index (χ0v) is 16.4. The number of nitrogens with one attached hydrogen (secondary N) is 1. The van der Waals surface area contributed by atoms with Crippen LogP contribution in [0.2, 0.25) is 0 Å². The van der Waals surface area contributed by atoms with Crippen LogP contribution in [0.5, 0.6) is 11.5 Å². The zero-order chi connectivity index (χ0) is 20.1. The number of hydrogen-bond donors (Lipinski definition) is 1. The molecule has 7 nitrogen and oxygen atoms in total. The molecule has 2 aromatic carbocycles. The fourth-order valence-electron chi connectivity index (χ4n) is 3.55. The van der Waals surface area contributed by atoms with Crippen molar-refractivity contribution in [2.75, 3.05) is 20.3 Å². The topological polar surface area (TPSA) is 80.3 Å². The summed E-state index contributed by atoms with van der Waals surface area (Å²) >= 11 is 0. The molecule has 0 spiro atoms. The predicted molar refractivity (Wildman–Crippen MR) is 109 cm³/mol. The molecule has 7 heteroatoms. The molecule has 1 aliphatic heterocycles. The quantitative estimate of drug-likeness (QED) is 0.693. The number of benzene rings is 2. The van der Waals surface area contributed by atoms with Gasteiger partial charge in [-0.15, -0.1) is 0 Å². The van der Waals surface area contributed by atoms with E-state index in [0.29, 0.717) is 23.9 Å².